The first-order valence-electron chi connectivity index (χ1n) is 5.40. The summed E-state index contributed by atoms with van der Waals surface area (Å²) >= 11 is 0. The van der Waals surface area contributed by atoms with Crippen molar-refractivity contribution >= 4 is 0 Å². The molecule has 0 bridgehead atoms. The lowest BCUT2D eigenvalue weighted by Gasteiger charge is -2.18. The van der Waals surface area contributed by atoms with Crippen LogP contribution in [0.1, 0.15) is 11.7 Å². The number of methoxy groups -OCH3 is 1. The molecule has 0 aromatic heterocycles. The lowest BCUT2D eigenvalue weighted by molar-refractivity contribution is 0.0162. The van der Waals surface area contributed by atoms with Crippen LogP contribution < -0.4 is 4.74 Å². The van der Waals surface area contributed by atoms with Gasteiger partial charge in [0, 0.05) is 7.11 Å². The van der Waals surface area contributed by atoms with E-state index in [1.165, 1.54) is 7.11 Å². The predicted octanol–water partition coefficient (Wildman–Crippen LogP) is 1.29. The molecule has 0 unspecified atom stereocenters. The minimum Gasteiger partial charge on any atom is -0.491 e. The van der Waals surface area contributed by atoms with Crippen molar-refractivity contribution in [1.29, 1.82) is 0 Å². The van der Waals surface area contributed by atoms with Gasteiger partial charge in [0.1, 0.15) is 24.6 Å². The summed E-state index contributed by atoms with van der Waals surface area (Å²) in [4.78, 5) is 0. The Morgan fingerprint density at radius 2 is 2.00 bits per heavy atom. The quantitative estimate of drug-likeness (QED) is 0.703. The molecule has 1 rings (SSSR count). The Hall–Kier alpha value is -1.36. The Bertz CT molecular complexity index is 334. The van der Waals surface area contributed by atoms with E-state index in [0.717, 1.165) is 5.56 Å². The first kappa shape index (κ1) is 13.7. The van der Waals surface area contributed by atoms with Crippen molar-refractivity contribution in [2.75, 3.05) is 20.3 Å². The van der Waals surface area contributed by atoms with Gasteiger partial charge in [-0.2, -0.15) is 0 Å². The molecule has 4 nitrogen and oxygen atoms in total. The van der Waals surface area contributed by atoms with E-state index in [0.29, 0.717) is 5.75 Å². The van der Waals surface area contributed by atoms with E-state index >= 15 is 0 Å². The number of hydrogen-bond acceptors (Lipinski definition) is 4. The number of aliphatic hydroxyl groups excluding tert-OH is 2. The first-order chi connectivity index (χ1) is 8.22. The second-order valence-corrected chi connectivity index (χ2v) is 3.52. The van der Waals surface area contributed by atoms with Crippen LogP contribution in [0.25, 0.3) is 0 Å². The van der Waals surface area contributed by atoms with Gasteiger partial charge in [-0.05, 0) is 17.7 Å². The lowest BCUT2D eigenvalue weighted by Crippen LogP contribution is -2.17. The maximum absolute atomic E-state index is 9.97. The van der Waals surface area contributed by atoms with E-state index in [9.17, 15) is 5.11 Å². The smallest absolute Gasteiger partial charge is 0.119 e. The Balaban J connectivity index is 2.69. The summed E-state index contributed by atoms with van der Waals surface area (Å²) in [6, 6.07) is 6.99. The monoisotopic (exact) mass is 238 g/mol. The van der Waals surface area contributed by atoms with Gasteiger partial charge in [-0.25, -0.2) is 0 Å². The summed E-state index contributed by atoms with van der Waals surface area (Å²) in [5, 5.41) is 18.6. The molecule has 0 aliphatic heterocycles. The second kappa shape index (κ2) is 7.06. The van der Waals surface area contributed by atoms with Gasteiger partial charge in [0.05, 0.1) is 6.61 Å². The van der Waals surface area contributed by atoms with Gasteiger partial charge in [0.2, 0.25) is 0 Å². The first-order valence-corrected chi connectivity index (χ1v) is 5.40. The molecule has 0 heterocycles. The number of aliphatic hydroxyl groups is 2. The normalized spacial score (nSPS) is 14.1. The molecular formula is C13H18O4. The standard InChI is InChI=1S/C13H18O4/c1-3-12(16-2)13(15)10-4-6-11(7-5-10)17-9-8-14/h3-7,12-15H,1,8-9H2,2H3/t12-,13-/m1/s1. The molecule has 2 atom stereocenters. The SMILES string of the molecule is C=C[C@@H](OC)[C@H](O)c1ccc(OCCO)cc1. The van der Waals surface area contributed by atoms with Crippen LogP contribution in [0.3, 0.4) is 0 Å². The largest absolute Gasteiger partial charge is 0.491 e. The molecule has 0 saturated carbocycles. The summed E-state index contributed by atoms with van der Waals surface area (Å²) in [7, 11) is 1.52. The molecule has 17 heavy (non-hydrogen) atoms. The third-order valence-electron chi connectivity index (χ3n) is 2.40. The van der Waals surface area contributed by atoms with Crippen LogP contribution >= 0.6 is 0 Å². The molecular weight excluding hydrogens is 220 g/mol. The number of hydrogen-bond donors (Lipinski definition) is 2. The fraction of sp³-hybridized carbons (Fsp3) is 0.385. The average Bonchev–Trinajstić information content (AvgIpc) is 2.38. The van der Waals surface area contributed by atoms with E-state index in [-0.39, 0.29) is 13.2 Å². The van der Waals surface area contributed by atoms with Gasteiger partial charge in [-0.15, -0.1) is 6.58 Å². The van der Waals surface area contributed by atoms with Gasteiger partial charge < -0.3 is 19.7 Å². The van der Waals surface area contributed by atoms with Gasteiger partial charge in [-0.3, -0.25) is 0 Å². The van der Waals surface area contributed by atoms with Crippen LogP contribution in [-0.4, -0.2) is 36.6 Å². The van der Waals surface area contributed by atoms with Crippen molar-refractivity contribution in [3.63, 3.8) is 0 Å². The van der Waals surface area contributed by atoms with Gasteiger partial charge >= 0.3 is 0 Å². The fourth-order valence-corrected chi connectivity index (χ4v) is 1.47. The predicted molar refractivity (Wildman–Crippen MR) is 65.0 cm³/mol. The van der Waals surface area contributed by atoms with E-state index in [2.05, 4.69) is 6.58 Å². The molecule has 0 fully saturated rings. The number of rotatable bonds is 7. The molecule has 0 aliphatic rings. The van der Waals surface area contributed by atoms with Gasteiger partial charge in [0.25, 0.3) is 0 Å². The molecule has 94 valence electrons. The minimum absolute atomic E-state index is 0.0212. The van der Waals surface area contributed by atoms with Crippen molar-refractivity contribution in [3.8, 4) is 5.75 Å². The van der Waals surface area contributed by atoms with Crippen LogP contribution in [0.4, 0.5) is 0 Å². The summed E-state index contributed by atoms with van der Waals surface area (Å²) < 4.78 is 10.3. The van der Waals surface area contributed by atoms with Crippen molar-refractivity contribution in [1.82, 2.24) is 0 Å². The molecule has 0 aliphatic carbocycles. The Morgan fingerprint density at radius 1 is 1.35 bits per heavy atom. The Kier molecular flexibility index (Phi) is 5.69. The van der Waals surface area contributed by atoms with E-state index in [1.54, 1.807) is 30.3 Å². The topological polar surface area (TPSA) is 58.9 Å². The Morgan fingerprint density at radius 3 is 2.47 bits per heavy atom. The Labute approximate surface area is 101 Å². The highest BCUT2D eigenvalue weighted by molar-refractivity contribution is 5.29. The maximum Gasteiger partial charge on any atom is 0.119 e. The number of benzene rings is 1. The van der Waals surface area contributed by atoms with Crippen LogP contribution in [0.2, 0.25) is 0 Å². The third kappa shape index (κ3) is 3.85. The van der Waals surface area contributed by atoms with E-state index in [4.69, 9.17) is 14.6 Å². The molecule has 1 aromatic carbocycles. The highest BCUT2D eigenvalue weighted by atomic mass is 16.5. The van der Waals surface area contributed by atoms with E-state index < -0.39 is 12.2 Å². The molecule has 4 heteroatoms. The van der Waals surface area contributed by atoms with Crippen LogP contribution in [-0.2, 0) is 4.74 Å². The van der Waals surface area contributed by atoms with Crippen molar-refractivity contribution in [2.45, 2.75) is 12.2 Å². The second-order valence-electron chi connectivity index (χ2n) is 3.52. The van der Waals surface area contributed by atoms with Crippen LogP contribution in [0, 0.1) is 0 Å². The fourth-order valence-electron chi connectivity index (χ4n) is 1.47. The number of ether oxygens (including phenoxy) is 2. The molecule has 0 saturated heterocycles. The van der Waals surface area contributed by atoms with Crippen molar-refractivity contribution in [3.05, 3.63) is 42.5 Å². The molecule has 1 aromatic rings. The van der Waals surface area contributed by atoms with Crippen molar-refractivity contribution in [2.24, 2.45) is 0 Å². The maximum atomic E-state index is 9.97. The van der Waals surface area contributed by atoms with Crippen LogP contribution in [0.5, 0.6) is 5.75 Å². The highest BCUT2D eigenvalue weighted by Gasteiger charge is 2.17. The lowest BCUT2D eigenvalue weighted by atomic mass is 10.0. The zero-order valence-electron chi connectivity index (χ0n) is 9.87. The molecule has 0 spiro atoms. The minimum atomic E-state index is -0.746. The molecule has 0 amide bonds. The third-order valence-corrected chi connectivity index (χ3v) is 2.40. The van der Waals surface area contributed by atoms with Gasteiger partial charge in [0.15, 0.2) is 0 Å². The highest BCUT2D eigenvalue weighted by Crippen LogP contribution is 2.22. The summed E-state index contributed by atoms with van der Waals surface area (Å²) in [5.74, 6) is 0.655. The summed E-state index contributed by atoms with van der Waals surface area (Å²) in [6.07, 6.45) is 0.379. The zero-order chi connectivity index (χ0) is 12.7. The van der Waals surface area contributed by atoms with E-state index in [1.807, 2.05) is 0 Å². The summed E-state index contributed by atoms with van der Waals surface area (Å²) in [5.41, 5.74) is 0.730. The molecule has 0 radical (unpaired) electrons. The average molecular weight is 238 g/mol. The zero-order valence-corrected chi connectivity index (χ0v) is 9.87. The molecule has 2 N–H and O–H groups in total. The van der Waals surface area contributed by atoms with Crippen molar-refractivity contribution < 1.29 is 19.7 Å². The van der Waals surface area contributed by atoms with Gasteiger partial charge in [-0.1, -0.05) is 18.2 Å². The van der Waals surface area contributed by atoms with Crippen LogP contribution in [0.15, 0.2) is 36.9 Å². The summed E-state index contributed by atoms with van der Waals surface area (Å²) in [6.45, 7) is 3.84.